The lowest BCUT2D eigenvalue weighted by atomic mass is 9.80. The number of ether oxygens (including phenoxy) is 1. The third-order valence-electron chi connectivity index (χ3n) is 3.86. The first-order chi connectivity index (χ1) is 6.76. The Labute approximate surface area is 85.8 Å². The lowest BCUT2D eigenvalue weighted by Crippen LogP contribution is -2.51. The third kappa shape index (κ3) is 1.95. The molecule has 2 N–H and O–H groups in total. The molecule has 0 aromatic rings. The van der Waals surface area contributed by atoms with Gasteiger partial charge in [-0.1, -0.05) is 0 Å². The molecule has 82 valence electrons. The summed E-state index contributed by atoms with van der Waals surface area (Å²) >= 11 is 0. The van der Waals surface area contributed by atoms with Crippen LogP contribution in [0.3, 0.4) is 0 Å². The van der Waals surface area contributed by atoms with Crippen molar-refractivity contribution in [2.24, 2.45) is 0 Å². The van der Waals surface area contributed by atoms with Crippen LogP contribution in [0.4, 0.5) is 0 Å². The summed E-state index contributed by atoms with van der Waals surface area (Å²) in [5, 5.41) is 13.1. The zero-order valence-electron chi connectivity index (χ0n) is 8.96. The molecule has 3 heteroatoms. The topological polar surface area (TPSA) is 41.5 Å². The van der Waals surface area contributed by atoms with Gasteiger partial charge in [-0.15, -0.1) is 0 Å². The highest BCUT2D eigenvalue weighted by Crippen LogP contribution is 2.34. The highest BCUT2D eigenvalue weighted by Gasteiger charge is 2.38. The number of nitrogens with one attached hydrogen (secondary N) is 1. The Hall–Kier alpha value is -0.120. The molecule has 0 amide bonds. The lowest BCUT2D eigenvalue weighted by Gasteiger charge is -2.41. The van der Waals surface area contributed by atoms with Gasteiger partial charge in [0.05, 0.1) is 11.7 Å². The summed E-state index contributed by atoms with van der Waals surface area (Å²) in [6.45, 7) is 0.908. The van der Waals surface area contributed by atoms with Crippen LogP contribution in [0.5, 0.6) is 0 Å². The molecule has 14 heavy (non-hydrogen) atoms. The van der Waals surface area contributed by atoms with E-state index in [1.54, 1.807) is 7.11 Å². The maximum absolute atomic E-state index is 9.65. The SMILES string of the molecule is COC1(CNC2CCCC2O)CCC1. The van der Waals surface area contributed by atoms with Crippen molar-refractivity contribution in [1.82, 2.24) is 5.32 Å². The minimum atomic E-state index is -0.135. The zero-order valence-corrected chi connectivity index (χ0v) is 8.96. The zero-order chi connectivity index (χ0) is 10.0. The van der Waals surface area contributed by atoms with E-state index in [1.807, 2.05) is 0 Å². The van der Waals surface area contributed by atoms with E-state index in [1.165, 1.54) is 19.3 Å². The molecule has 0 aliphatic heterocycles. The maximum Gasteiger partial charge on any atom is 0.0802 e. The fourth-order valence-corrected chi connectivity index (χ4v) is 2.52. The maximum atomic E-state index is 9.65. The van der Waals surface area contributed by atoms with E-state index in [2.05, 4.69) is 5.32 Å². The molecule has 2 saturated carbocycles. The summed E-state index contributed by atoms with van der Waals surface area (Å²) in [6, 6.07) is 0.308. The molecule has 2 atom stereocenters. The summed E-state index contributed by atoms with van der Waals surface area (Å²) in [7, 11) is 1.80. The summed E-state index contributed by atoms with van der Waals surface area (Å²) in [5.41, 5.74) is 0.0856. The molecule has 0 heterocycles. The number of rotatable bonds is 4. The Morgan fingerprint density at radius 2 is 2.14 bits per heavy atom. The van der Waals surface area contributed by atoms with Crippen LogP contribution in [-0.2, 0) is 4.74 Å². The van der Waals surface area contributed by atoms with Gasteiger partial charge in [0, 0.05) is 19.7 Å². The normalized spacial score (nSPS) is 35.6. The molecule has 0 bridgehead atoms. The van der Waals surface area contributed by atoms with E-state index in [-0.39, 0.29) is 11.7 Å². The first kappa shape index (κ1) is 10.4. The van der Waals surface area contributed by atoms with Gasteiger partial charge in [0.15, 0.2) is 0 Å². The van der Waals surface area contributed by atoms with Gasteiger partial charge in [0.1, 0.15) is 0 Å². The van der Waals surface area contributed by atoms with Crippen molar-refractivity contribution in [3.05, 3.63) is 0 Å². The van der Waals surface area contributed by atoms with Crippen LogP contribution in [0.1, 0.15) is 38.5 Å². The monoisotopic (exact) mass is 199 g/mol. The number of aliphatic hydroxyl groups excluding tert-OH is 1. The highest BCUT2D eigenvalue weighted by atomic mass is 16.5. The quantitative estimate of drug-likeness (QED) is 0.711. The van der Waals surface area contributed by atoms with E-state index in [9.17, 15) is 5.11 Å². The van der Waals surface area contributed by atoms with Crippen LogP contribution < -0.4 is 5.32 Å². The van der Waals surface area contributed by atoms with Gasteiger partial charge in [-0.25, -0.2) is 0 Å². The van der Waals surface area contributed by atoms with Crippen molar-refractivity contribution >= 4 is 0 Å². The first-order valence-corrected chi connectivity index (χ1v) is 5.72. The van der Waals surface area contributed by atoms with Gasteiger partial charge >= 0.3 is 0 Å². The Bertz CT molecular complexity index is 186. The van der Waals surface area contributed by atoms with Crippen molar-refractivity contribution in [3.8, 4) is 0 Å². The van der Waals surface area contributed by atoms with E-state index in [4.69, 9.17) is 4.74 Å². The van der Waals surface area contributed by atoms with Crippen LogP contribution in [0.2, 0.25) is 0 Å². The number of hydrogen-bond acceptors (Lipinski definition) is 3. The predicted molar refractivity (Wildman–Crippen MR) is 55.2 cm³/mol. The molecule has 2 aliphatic carbocycles. The smallest absolute Gasteiger partial charge is 0.0802 e. The van der Waals surface area contributed by atoms with Gasteiger partial charge in [-0.3, -0.25) is 0 Å². The predicted octanol–water partition coefficient (Wildman–Crippen LogP) is 1.06. The van der Waals surface area contributed by atoms with Crippen LogP contribution >= 0.6 is 0 Å². The van der Waals surface area contributed by atoms with Gasteiger partial charge < -0.3 is 15.2 Å². The van der Waals surface area contributed by atoms with E-state index in [0.717, 1.165) is 25.8 Å². The van der Waals surface area contributed by atoms with Crippen LogP contribution in [-0.4, -0.2) is 36.5 Å². The summed E-state index contributed by atoms with van der Waals surface area (Å²) < 4.78 is 5.52. The van der Waals surface area contributed by atoms with Crippen molar-refractivity contribution in [2.45, 2.75) is 56.3 Å². The minimum absolute atomic E-state index is 0.0856. The molecule has 2 fully saturated rings. The molecule has 0 aromatic carbocycles. The summed E-state index contributed by atoms with van der Waals surface area (Å²) in [6.07, 6.45) is 6.70. The summed E-state index contributed by atoms with van der Waals surface area (Å²) in [5.74, 6) is 0. The molecule has 3 nitrogen and oxygen atoms in total. The molecular formula is C11H21NO2. The van der Waals surface area contributed by atoms with Gasteiger partial charge in [0.2, 0.25) is 0 Å². The molecular weight excluding hydrogens is 178 g/mol. The standard InChI is InChI=1S/C11H21NO2/c1-14-11(6-3-7-11)8-12-9-4-2-5-10(9)13/h9-10,12-13H,2-8H2,1H3. The molecule has 0 aromatic heterocycles. The van der Waals surface area contributed by atoms with Crippen molar-refractivity contribution in [2.75, 3.05) is 13.7 Å². The van der Waals surface area contributed by atoms with Crippen LogP contribution in [0, 0.1) is 0 Å². The summed E-state index contributed by atoms with van der Waals surface area (Å²) in [4.78, 5) is 0. The van der Waals surface area contributed by atoms with Crippen molar-refractivity contribution in [1.29, 1.82) is 0 Å². The van der Waals surface area contributed by atoms with E-state index >= 15 is 0 Å². The molecule has 0 saturated heterocycles. The second kappa shape index (κ2) is 4.17. The molecule has 2 rings (SSSR count). The second-order valence-corrected chi connectivity index (χ2v) is 4.73. The number of aliphatic hydroxyl groups is 1. The van der Waals surface area contributed by atoms with E-state index < -0.39 is 0 Å². The Kier molecular flexibility index (Phi) is 3.10. The first-order valence-electron chi connectivity index (χ1n) is 5.72. The largest absolute Gasteiger partial charge is 0.392 e. The molecule has 0 spiro atoms. The second-order valence-electron chi connectivity index (χ2n) is 4.73. The van der Waals surface area contributed by atoms with Gasteiger partial charge in [0.25, 0.3) is 0 Å². The third-order valence-corrected chi connectivity index (χ3v) is 3.86. The average molecular weight is 199 g/mol. The lowest BCUT2D eigenvalue weighted by molar-refractivity contribution is -0.0723. The molecule has 2 unspecified atom stereocenters. The van der Waals surface area contributed by atoms with Crippen LogP contribution in [0.25, 0.3) is 0 Å². The average Bonchev–Trinajstić information content (AvgIpc) is 2.51. The Balaban J connectivity index is 1.75. The molecule has 2 aliphatic rings. The fraction of sp³-hybridized carbons (Fsp3) is 1.00. The van der Waals surface area contributed by atoms with Gasteiger partial charge in [-0.05, 0) is 38.5 Å². The van der Waals surface area contributed by atoms with Crippen LogP contribution in [0.15, 0.2) is 0 Å². The Morgan fingerprint density at radius 1 is 1.36 bits per heavy atom. The van der Waals surface area contributed by atoms with E-state index in [0.29, 0.717) is 6.04 Å². The van der Waals surface area contributed by atoms with Gasteiger partial charge in [-0.2, -0.15) is 0 Å². The van der Waals surface area contributed by atoms with Crippen molar-refractivity contribution in [3.63, 3.8) is 0 Å². The minimum Gasteiger partial charge on any atom is -0.392 e. The molecule has 0 radical (unpaired) electrons. The Morgan fingerprint density at radius 3 is 2.57 bits per heavy atom. The highest BCUT2D eigenvalue weighted by molar-refractivity contribution is 4.94. The van der Waals surface area contributed by atoms with Crippen molar-refractivity contribution < 1.29 is 9.84 Å². The number of hydrogen-bond donors (Lipinski definition) is 2. The number of methoxy groups -OCH3 is 1. The fourth-order valence-electron chi connectivity index (χ4n) is 2.52.